The van der Waals surface area contributed by atoms with Crippen LogP contribution in [0, 0.1) is 0 Å². The Morgan fingerprint density at radius 2 is 2.09 bits per heavy atom. The Bertz CT molecular complexity index is 798. The van der Waals surface area contributed by atoms with E-state index in [1.807, 2.05) is 16.8 Å². The van der Waals surface area contributed by atoms with E-state index in [1.54, 1.807) is 47.7 Å². The summed E-state index contributed by atoms with van der Waals surface area (Å²) in [6, 6.07) is 12.2. The molecule has 0 spiro atoms. The number of furan rings is 1. The van der Waals surface area contributed by atoms with Gasteiger partial charge in [-0.05, 0) is 35.7 Å². The molecular weight excluding hydrogens is 334 g/mol. The molecule has 3 aromatic rings. The maximum absolute atomic E-state index is 12.1. The Balaban J connectivity index is 1.62. The summed E-state index contributed by atoms with van der Waals surface area (Å²) in [5, 5.41) is 17.1. The number of hydrogen-bond donors (Lipinski definition) is 2. The third kappa shape index (κ3) is 3.64. The van der Waals surface area contributed by atoms with Gasteiger partial charge in [0.2, 0.25) is 0 Å². The van der Waals surface area contributed by atoms with E-state index in [0.29, 0.717) is 22.1 Å². The van der Waals surface area contributed by atoms with Gasteiger partial charge in [-0.1, -0.05) is 23.7 Å². The van der Waals surface area contributed by atoms with Crippen LogP contribution in [-0.2, 0) is 0 Å². The molecule has 0 radical (unpaired) electrons. The number of carbonyl (C=O) groups is 1. The van der Waals surface area contributed by atoms with Crippen LogP contribution in [-0.4, -0.2) is 17.6 Å². The molecule has 2 aromatic heterocycles. The van der Waals surface area contributed by atoms with Gasteiger partial charge in [0, 0.05) is 10.9 Å². The van der Waals surface area contributed by atoms with Crippen LogP contribution in [0.15, 0.2) is 57.6 Å². The van der Waals surface area contributed by atoms with Crippen LogP contribution < -0.4 is 5.32 Å². The topological polar surface area (TPSA) is 62.5 Å². The number of thiophene rings is 1. The molecule has 0 fully saturated rings. The van der Waals surface area contributed by atoms with Gasteiger partial charge in [-0.3, -0.25) is 4.79 Å². The largest absolute Gasteiger partial charge is 0.458 e. The molecule has 0 unspecified atom stereocenters. The molecule has 6 heteroatoms. The van der Waals surface area contributed by atoms with Crippen molar-refractivity contribution in [2.45, 2.75) is 6.10 Å². The van der Waals surface area contributed by atoms with Crippen LogP contribution in [0.5, 0.6) is 0 Å². The van der Waals surface area contributed by atoms with Gasteiger partial charge in [-0.25, -0.2) is 0 Å². The van der Waals surface area contributed by atoms with E-state index in [2.05, 4.69) is 5.32 Å². The van der Waals surface area contributed by atoms with E-state index >= 15 is 0 Å². The van der Waals surface area contributed by atoms with Gasteiger partial charge in [-0.2, -0.15) is 11.3 Å². The third-order valence-electron chi connectivity index (χ3n) is 3.34. The molecule has 23 heavy (non-hydrogen) atoms. The van der Waals surface area contributed by atoms with Crippen molar-refractivity contribution in [2.24, 2.45) is 0 Å². The van der Waals surface area contributed by atoms with E-state index in [-0.39, 0.29) is 12.5 Å². The number of rotatable bonds is 5. The number of aliphatic hydroxyl groups excluding tert-OH is 1. The van der Waals surface area contributed by atoms with Gasteiger partial charge < -0.3 is 14.8 Å². The van der Waals surface area contributed by atoms with Crippen LogP contribution in [0.25, 0.3) is 11.3 Å². The number of benzene rings is 1. The Labute approximate surface area is 142 Å². The maximum Gasteiger partial charge on any atom is 0.252 e. The first-order valence-electron chi connectivity index (χ1n) is 6.98. The summed E-state index contributed by atoms with van der Waals surface area (Å²) in [5.74, 6) is 0.766. The fourth-order valence-electron chi connectivity index (χ4n) is 2.12. The number of nitrogens with one attached hydrogen (secondary N) is 1. The minimum Gasteiger partial charge on any atom is -0.458 e. The van der Waals surface area contributed by atoms with E-state index in [9.17, 15) is 9.90 Å². The molecule has 0 bridgehead atoms. The minimum atomic E-state index is -0.922. The molecule has 2 heterocycles. The normalized spacial score (nSPS) is 12.1. The van der Waals surface area contributed by atoms with Crippen LogP contribution in [0.3, 0.4) is 0 Å². The predicted octanol–water partition coefficient (Wildman–Crippen LogP) is 4.12. The zero-order valence-electron chi connectivity index (χ0n) is 12.0. The van der Waals surface area contributed by atoms with Crippen molar-refractivity contribution < 1.29 is 14.3 Å². The molecule has 4 nitrogen and oxygen atoms in total. The van der Waals surface area contributed by atoms with Crippen LogP contribution in [0.4, 0.5) is 0 Å². The summed E-state index contributed by atoms with van der Waals surface area (Å²) in [7, 11) is 0. The average Bonchev–Trinajstić information content (AvgIpc) is 3.23. The van der Waals surface area contributed by atoms with Crippen molar-refractivity contribution in [3.05, 3.63) is 69.6 Å². The van der Waals surface area contributed by atoms with Gasteiger partial charge in [-0.15, -0.1) is 0 Å². The number of amides is 1. The lowest BCUT2D eigenvalue weighted by Crippen LogP contribution is -2.28. The Morgan fingerprint density at radius 1 is 1.26 bits per heavy atom. The van der Waals surface area contributed by atoms with Crippen LogP contribution in [0.1, 0.15) is 22.2 Å². The van der Waals surface area contributed by atoms with Crippen molar-refractivity contribution in [1.29, 1.82) is 0 Å². The van der Waals surface area contributed by atoms with Crippen molar-refractivity contribution in [2.75, 3.05) is 6.54 Å². The standard InChI is InChI=1S/C17H14ClNO3S/c18-13-4-2-1-3-12(13)17(21)19-9-14(20)16-6-5-15(22-16)11-7-8-23-10-11/h1-8,10,14,20H,9H2,(H,19,21)/t14-/m0/s1. The fraction of sp³-hybridized carbons (Fsp3) is 0.118. The highest BCUT2D eigenvalue weighted by molar-refractivity contribution is 7.08. The number of carbonyl (C=O) groups excluding carboxylic acids is 1. The molecule has 3 rings (SSSR count). The zero-order chi connectivity index (χ0) is 16.2. The van der Waals surface area contributed by atoms with E-state index in [1.165, 1.54) is 0 Å². The van der Waals surface area contributed by atoms with Gasteiger partial charge >= 0.3 is 0 Å². The predicted molar refractivity (Wildman–Crippen MR) is 90.8 cm³/mol. The van der Waals surface area contributed by atoms with Crippen molar-refractivity contribution >= 4 is 28.8 Å². The molecule has 2 N–H and O–H groups in total. The smallest absolute Gasteiger partial charge is 0.252 e. The summed E-state index contributed by atoms with van der Waals surface area (Å²) in [4.78, 5) is 12.1. The molecule has 0 aliphatic carbocycles. The summed E-state index contributed by atoms with van der Waals surface area (Å²) in [6.07, 6.45) is -0.922. The van der Waals surface area contributed by atoms with Crippen LogP contribution in [0.2, 0.25) is 5.02 Å². The van der Waals surface area contributed by atoms with Gasteiger partial charge in [0.05, 0.1) is 17.1 Å². The molecular formula is C17H14ClNO3S. The third-order valence-corrected chi connectivity index (χ3v) is 4.35. The first-order chi connectivity index (χ1) is 11.1. The summed E-state index contributed by atoms with van der Waals surface area (Å²) >= 11 is 7.54. The van der Waals surface area contributed by atoms with Crippen molar-refractivity contribution in [3.63, 3.8) is 0 Å². The lowest BCUT2D eigenvalue weighted by molar-refractivity contribution is 0.0902. The molecule has 1 atom stereocenters. The summed E-state index contributed by atoms with van der Waals surface area (Å²) < 4.78 is 5.63. The summed E-state index contributed by atoms with van der Waals surface area (Å²) in [6.45, 7) is 0.0423. The van der Waals surface area contributed by atoms with Crippen molar-refractivity contribution in [3.8, 4) is 11.3 Å². The molecule has 0 saturated carbocycles. The number of halogens is 1. The van der Waals surface area contributed by atoms with Gasteiger partial charge in [0.1, 0.15) is 17.6 Å². The van der Waals surface area contributed by atoms with E-state index in [0.717, 1.165) is 5.56 Å². The second kappa shape index (κ2) is 7.00. The first kappa shape index (κ1) is 15.8. The minimum absolute atomic E-state index is 0.0423. The highest BCUT2D eigenvalue weighted by Gasteiger charge is 2.16. The quantitative estimate of drug-likeness (QED) is 0.729. The van der Waals surface area contributed by atoms with E-state index in [4.69, 9.17) is 16.0 Å². The SMILES string of the molecule is O=C(NC[C@H](O)c1ccc(-c2ccsc2)o1)c1ccccc1Cl. The highest BCUT2D eigenvalue weighted by Crippen LogP contribution is 2.26. The second-order valence-corrected chi connectivity index (χ2v) is 6.11. The Kier molecular flexibility index (Phi) is 4.81. The lowest BCUT2D eigenvalue weighted by Gasteiger charge is -2.10. The first-order valence-corrected chi connectivity index (χ1v) is 8.30. The molecule has 1 amide bonds. The Morgan fingerprint density at radius 3 is 2.83 bits per heavy atom. The number of aliphatic hydroxyl groups is 1. The highest BCUT2D eigenvalue weighted by atomic mass is 35.5. The van der Waals surface area contributed by atoms with Gasteiger partial charge in [0.15, 0.2) is 0 Å². The lowest BCUT2D eigenvalue weighted by atomic mass is 10.2. The molecule has 0 aliphatic rings. The van der Waals surface area contributed by atoms with Gasteiger partial charge in [0.25, 0.3) is 5.91 Å². The molecule has 118 valence electrons. The van der Waals surface area contributed by atoms with Crippen molar-refractivity contribution in [1.82, 2.24) is 5.32 Å². The number of hydrogen-bond acceptors (Lipinski definition) is 4. The maximum atomic E-state index is 12.1. The second-order valence-electron chi connectivity index (χ2n) is 4.92. The van der Waals surface area contributed by atoms with Crippen LogP contribution >= 0.6 is 22.9 Å². The molecule has 0 saturated heterocycles. The summed E-state index contributed by atoms with van der Waals surface area (Å²) in [5.41, 5.74) is 1.34. The zero-order valence-corrected chi connectivity index (χ0v) is 13.6. The average molecular weight is 348 g/mol. The van der Waals surface area contributed by atoms with E-state index < -0.39 is 6.10 Å². The monoisotopic (exact) mass is 347 g/mol. The molecule has 0 aliphatic heterocycles. The molecule has 1 aromatic carbocycles. The fourth-order valence-corrected chi connectivity index (χ4v) is 2.99. The Hall–Kier alpha value is -2.08.